The Morgan fingerprint density at radius 1 is 1.06 bits per heavy atom. The summed E-state index contributed by atoms with van der Waals surface area (Å²) in [5.41, 5.74) is 2.75. The van der Waals surface area contributed by atoms with Crippen molar-refractivity contribution < 1.29 is 23.5 Å². The van der Waals surface area contributed by atoms with E-state index in [-0.39, 0.29) is 36.8 Å². The Kier molecular flexibility index (Phi) is 7.55. The zero-order chi connectivity index (χ0) is 24.1. The second-order valence-corrected chi connectivity index (χ2v) is 8.83. The van der Waals surface area contributed by atoms with Crippen LogP contribution in [0.15, 0.2) is 36.4 Å². The zero-order valence-corrected chi connectivity index (χ0v) is 19.7. The number of urea groups is 1. The number of hydrogen-bond donors (Lipinski definition) is 2. The number of carbonyl (C=O) groups is 2. The van der Waals surface area contributed by atoms with Gasteiger partial charge in [-0.15, -0.1) is 0 Å². The van der Waals surface area contributed by atoms with Crippen molar-refractivity contribution in [2.75, 3.05) is 27.3 Å². The summed E-state index contributed by atoms with van der Waals surface area (Å²) >= 11 is 0. The van der Waals surface area contributed by atoms with Gasteiger partial charge in [-0.3, -0.25) is 4.79 Å². The molecule has 2 aromatic rings. The highest BCUT2D eigenvalue weighted by Crippen LogP contribution is 2.41. The van der Waals surface area contributed by atoms with Gasteiger partial charge in [-0.05, 0) is 60.2 Å². The van der Waals surface area contributed by atoms with Crippen LogP contribution in [0.25, 0.3) is 0 Å². The second-order valence-electron chi connectivity index (χ2n) is 8.83. The molecule has 0 saturated heterocycles. The number of nitrogens with zero attached hydrogens (tertiary/aromatic N) is 1. The van der Waals surface area contributed by atoms with Gasteiger partial charge in [0.2, 0.25) is 5.91 Å². The average Bonchev–Trinajstić information content (AvgIpc) is 3.35. The first kappa shape index (κ1) is 23.9. The molecule has 2 aromatic carbocycles. The Morgan fingerprint density at radius 3 is 2.41 bits per heavy atom. The standard InChI is InChI=1S/C26H32FN3O4/c1-33-22-15-18-12-14-30(26(32)28-13-11-24(31)29-20-5-3-4-6-20)25(21(18)16-23(22)34-2)17-7-9-19(27)10-8-17/h7-10,15-16,20,25H,3-6,11-14H2,1-2H3,(H,28,32)(H,29,31)/t25-/m0/s1. The minimum absolute atomic E-state index is 0.0388. The number of methoxy groups -OCH3 is 2. The van der Waals surface area contributed by atoms with Crippen LogP contribution in [0, 0.1) is 5.82 Å². The Hall–Kier alpha value is -3.29. The molecule has 1 heterocycles. The van der Waals surface area contributed by atoms with E-state index in [0.29, 0.717) is 24.5 Å². The third-order valence-corrected chi connectivity index (χ3v) is 6.67. The number of carbonyl (C=O) groups excluding carboxylic acids is 2. The lowest BCUT2D eigenvalue weighted by atomic mass is 9.88. The van der Waals surface area contributed by atoms with Gasteiger partial charge in [0, 0.05) is 25.6 Å². The third-order valence-electron chi connectivity index (χ3n) is 6.67. The lowest BCUT2D eigenvalue weighted by molar-refractivity contribution is -0.121. The van der Waals surface area contributed by atoms with Crippen LogP contribution < -0.4 is 20.1 Å². The molecule has 0 aromatic heterocycles. The van der Waals surface area contributed by atoms with Crippen molar-refractivity contribution >= 4 is 11.9 Å². The van der Waals surface area contributed by atoms with Crippen LogP contribution in [0.1, 0.15) is 54.8 Å². The molecule has 1 saturated carbocycles. The molecule has 0 unspecified atom stereocenters. The summed E-state index contributed by atoms with van der Waals surface area (Å²) < 4.78 is 24.6. The Balaban J connectivity index is 1.52. The van der Waals surface area contributed by atoms with Crippen LogP contribution in [-0.2, 0) is 11.2 Å². The van der Waals surface area contributed by atoms with Crippen molar-refractivity contribution in [3.8, 4) is 11.5 Å². The van der Waals surface area contributed by atoms with Crippen molar-refractivity contribution in [3.05, 3.63) is 58.9 Å². The van der Waals surface area contributed by atoms with E-state index in [1.807, 2.05) is 12.1 Å². The minimum atomic E-state index is -0.420. The number of fused-ring (bicyclic) bond motifs is 1. The molecule has 0 bridgehead atoms. The number of ether oxygens (including phenoxy) is 2. The molecule has 1 aliphatic carbocycles. The molecular formula is C26H32FN3O4. The van der Waals surface area contributed by atoms with Crippen LogP contribution >= 0.6 is 0 Å². The van der Waals surface area contributed by atoms with Gasteiger partial charge in [-0.2, -0.15) is 0 Å². The molecule has 1 atom stereocenters. The molecule has 4 rings (SSSR count). The topological polar surface area (TPSA) is 79.9 Å². The minimum Gasteiger partial charge on any atom is -0.493 e. The number of nitrogens with one attached hydrogen (secondary N) is 2. The fourth-order valence-corrected chi connectivity index (χ4v) is 4.92. The lowest BCUT2D eigenvalue weighted by Crippen LogP contribution is -2.47. The quantitative estimate of drug-likeness (QED) is 0.644. The van der Waals surface area contributed by atoms with Gasteiger partial charge in [-0.1, -0.05) is 25.0 Å². The summed E-state index contributed by atoms with van der Waals surface area (Å²) in [6.45, 7) is 0.730. The molecule has 8 heteroatoms. The maximum absolute atomic E-state index is 13.6. The molecule has 7 nitrogen and oxygen atoms in total. The van der Waals surface area contributed by atoms with E-state index in [0.717, 1.165) is 42.4 Å². The highest BCUT2D eigenvalue weighted by Gasteiger charge is 2.33. The average molecular weight is 470 g/mol. The van der Waals surface area contributed by atoms with Crippen molar-refractivity contribution in [3.63, 3.8) is 0 Å². The van der Waals surface area contributed by atoms with Gasteiger partial charge >= 0.3 is 6.03 Å². The molecular weight excluding hydrogens is 437 g/mol. The van der Waals surface area contributed by atoms with Crippen molar-refractivity contribution in [1.29, 1.82) is 0 Å². The highest BCUT2D eigenvalue weighted by atomic mass is 19.1. The summed E-state index contributed by atoms with van der Waals surface area (Å²) in [7, 11) is 3.16. The van der Waals surface area contributed by atoms with Crippen LogP contribution in [0.3, 0.4) is 0 Å². The molecule has 2 N–H and O–H groups in total. The summed E-state index contributed by atoms with van der Waals surface area (Å²) in [6.07, 6.45) is 5.23. The van der Waals surface area contributed by atoms with Gasteiger partial charge in [0.05, 0.1) is 20.3 Å². The van der Waals surface area contributed by atoms with E-state index in [2.05, 4.69) is 10.6 Å². The van der Waals surface area contributed by atoms with Crippen LogP contribution in [-0.4, -0.2) is 50.2 Å². The maximum Gasteiger partial charge on any atom is 0.318 e. The van der Waals surface area contributed by atoms with E-state index in [4.69, 9.17) is 9.47 Å². The monoisotopic (exact) mass is 469 g/mol. The number of amides is 3. The van der Waals surface area contributed by atoms with E-state index in [1.165, 1.54) is 12.1 Å². The molecule has 34 heavy (non-hydrogen) atoms. The number of benzene rings is 2. The number of hydrogen-bond acceptors (Lipinski definition) is 4. The van der Waals surface area contributed by atoms with Crippen molar-refractivity contribution in [1.82, 2.24) is 15.5 Å². The van der Waals surface area contributed by atoms with E-state index in [9.17, 15) is 14.0 Å². The summed E-state index contributed by atoms with van der Waals surface area (Å²) in [4.78, 5) is 27.2. The second kappa shape index (κ2) is 10.8. The predicted octanol–water partition coefficient (Wildman–Crippen LogP) is 3.95. The predicted molar refractivity (Wildman–Crippen MR) is 127 cm³/mol. The Bertz CT molecular complexity index is 1020. The largest absolute Gasteiger partial charge is 0.493 e. The maximum atomic E-state index is 13.6. The first-order valence-corrected chi connectivity index (χ1v) is 11.8. The zero-order valence-electron chi connectivity index (χ0n) is 19.7. The van der Waals surface area contributed by atoms with Gasteiger partial charge in [-0.25, -0.2) is 9.18 Å². The number of rotatable bonds is 7. The van der Waals surface area contributed by atoms with Crippen LogP contribution in [0.4, 0.5) is 9.18 Å². The third kappa shape index (κ3) is 5.26. The van der Waals surface area contributed by atoms with Gasteiger partial charge in [0.15, 0.2) is 11.5 Å². The van der Waals surface area contributed by atoms with Gasteiger partial charge in [0.1, 0.15) is 5.82 Å². The summed E-state index contributed by atoms with van der Waals surface area (Å²) in [5.74, 6) is 0.823. The first-order valence-electron chi connectivity index (χ1n) is 11.8. The molecule has 3 amide bonds. The van der Waals surface area contributed by atoms with Gasteiger partial charge in [0.25, 0.3) is 0 Å². The molecule has 1 fully saturated rings. The fraction of sp³-hybridized carbons (Fsp3) is 0.462. The van der Waals surface area contributed by atoms with Crippen molar-refractivity contribution in [2.24, 2.45) is 0 Å². The van der Waals surface area contributed by atoms with Crippen LogP contribution in [0.2, 0.25) is 0 Å². The van der Waals surface area contributed by atoms with Gasteiger partial charge < -0.3 is 25.0 Å². The number of halogens is 1. The SMILES string of the molecule is COc1cc2c(cc1OC)[C@H](c1ccc(F)cc1)N(C(=O)NCCC(=O)NC1CCCC1)CC2. The van der Waals surface area contributed by atoms with Crippen molar-refractivity contribution in [2.45, 2.75) is 50.6 Å². The van der Waals surface area contributed by atoms with E-state index >= 15 is 0 Å². The normalized spacial score (nSPS) is 17.7. The van der Waals surface area contributed by atoms with E-state index < -0.39 is 6.04 Å². The highest BCUT2D eigenvalue weighted by molar-refractivity contribution is 5.79. The first-order chi connectivity index (χ1) is 16.5. The Morgan fingerprint density at radius 2 is 1.74 bits per heavy atom. The molecule has 1 aliphatic heterocycles. The van der Waals surface area contributed by atoms with Crippen LogP contribution in [0.5, 0.6) is 11.5 Å². The molecule has 2 aliphatic rings. The summed E-state index contributed by atoms with van der Waals surface area (Å²) in [6, 6.07) is 9.59. The summed E-state index contributed by atoms with van der Waals surface area (Å²) in [5, 5.41) is 5.94. The molecule has 0 spiro atoms. The lowest BCUT2D eigenvalue weighted by Gasteiger charge is -2.38. The smallest absolute Gasteiger partial charge is 0.318 e. The molecule has 0 radical (unpaired) electrons. The Labute approximate surface area is 199 Å². The molecule has 182 valence electrons. The van der Waals surface area contributed by atoms with E-state index in [1.54, 1.807) is 31.3 Å². The fourth-order valence-electron chi connectivity index (χ4n) is 4.92.